The number of methoxy groups -OCH3 is 1. The molecule has 2 rings (SSSR count). The molecule has 102 valence electrons. The molecule has 1 N–H and O–H groups in total. The highest BCUT2D eigenvalue weighted by molar-refractivity contribution is 5.85. The van der Waals surface area contributed by atoms with Crippen LogP contribution < -0.4 is 4.74 Å². The first-order chi connectivity index (χ1) is 9.69. The van der Waals surface area contributed by atoms with Crippen LogP contribution in [0.25, 0.3) is 6.08 Å². The van der Waals surface area contributed by atoms with E-state index < -0.39 is 5.97 Å². The van der Waals surface area contributed by atoms with Gasteiger partial charge in [-0.25, -0.2) is 4.79 Å². The molecule has 2 aromatic rings. The van der Waals surface area contributed by atoms with Crippen molar-refractivity contribution in [3.63, 3.8) is 0 Å². The number of ether oxygens (including phenoxy) is 1. The Balaban J connectivity index is 2.21. The quantitative estimate of drug-likeness (QED) is 0.845. The number of benzene rings is 2. The van der Waals surface area contributed by atoms with Crippen LogP contribution in [0.2, 0.25) is 0 Å². The fourth-order valence-corrected chi connectivity index (χ4v) is 2.04. The van der Waals surface area contributed by atoms with Crippen LogP contribution in [0.5, 0.6) is 5.75 Å². The summed E-state index contributed by atoms with van der Waals surface area (Å²) < 4.78 is 5.34. The summed E-state index contributed by atoms with van der Waals surface area (Å²) >= 11 is 0. The molecule has 0 fully saturated rings. The Labute approximate surface area is 118 Å². The van der Waals surface area contributed by atoms with Crippen LogP contribution in [-0.4, -0.2) is 18.2 Å². The van der Waals surface area contributed by atoms with Gasteiger partial charge in [0.1, 0.15) is 5.75 Å². The van der Waals surface area contributed by atoms with E-state index >= 15 is 0 Å². The first kappa shape index (κ1) is 13.9. The first-order valence-electron chi connectivity index (χ1n) is 6.31. The van der Waals surface area contributed by atoms with Crippen LogP contribution in [0, 0.1) is 0 Å². The van der Waals surface area contributed by atoms with Crippen LogP contribution in [-0.2, 0) is 11.2 Å². The summed E-state index contributed by atoms with van der Waals surface area (Å²) in [6.07, 6.45) is 3.48. The molecular formula is C17H16O3. The lowest BCUT2D eigenvalue weighted by Crippen LogP contribution is -1.94. The molecule has 0 saturated heterocycles. The number of carboxylic acids is 1. The average molecular weight is 268 g/mol. The number of aliphatic carboxylic acids is 1. The van der Waals surface area contributed by atoms with Gasteiger partial charge in [0.05, 0.1) is 7.11 Å². The van der Waals surface area contributed by atoms with Gasteiger partial charge in [0.2, 0.25) is 0 Å². The predicted octanol–water partition coefficient (Wildman–Crippen LogP) is 3.38. The zero-order valence-electron chi connectivity index (χ0n) is 11.2. The molecule has 0 amide bonds. The highest BCUT2D eigenvalue weighted by atomic mass is 16.5. The van der Waals surface area contributed by atoms with E-state index in [0.29, 0.717) is 0 Å². The lowest BCUT2D eigenvalue weighted by atomic mass is 10.0. The van der Waals surface area contributed by atoms with Crippen LogP contribution in [0.3, 0.4) is 0 Å². The SMILES string of the molecule is COc1ccccc1Cc1cccc(C=CC(=O)O)c1. The van der Waals surface area contributed by atoms with Gasteiger partial charge < -0.3 is 9.84 Å². The molecule has 0 aromatic heterocycles. The Bertz CT molecular complexity index is 630. The minimum absolute atomic E-state index is 0.749. The number of para-hydroxylation sites is 1. The summed E-state index contributed by atoms with van der Waals surface area (Å²) in [5.74, 6) is -0.0842. The largest absolute Gasteiger partial charge is 0.496 e. The smallest absolute Gasteiger partial charge is 0.328 e. The van der Waals surface area contributed by atoms with Gasteiger partial charge in [-0.05, 0) is 28.8 Å². The van der Waals surface area contributed by atoms with E-state index in [9.17, 15) is 4.79 Å². The van der Waals surface area contributed by atoms with Gasteiger partial charge in [0.15, 0.2) is 0 Å². The van der Waals surface area contributed by atoms with E-state index in [0.717, 1.165) is 34.9 Å². The van der Waals surface area contributed by atoms with Gasteiger partial charge in [0.25, 0.3) is 0 Å². The monoisotopic (exact) mass is 268 g/mol. The maximum absolute atomic E-state index is 10.5. The maximum Gasteiger partial charge on any atom is 0.328 e. The van der Waals surface area contributed by atoms with Gasteiger partial charge in [-0.15, -0.1) is 0 Å². The molecule has 0 bridgehead atoms. The number of rotatable bonds is 5. The average Bonchev–Trinajstić information content (AvgIpc) is 2.46. The van der Waals surface area contributed by atoms with E-state index in [1.807, 2.05) is 48.5 Å². The second-order valence-electron chi connectivity index (χ2n) is 4.41. The topological polar surface area (TPSA) is 46.5 Å². The van der Waals surface area contributed by atoms with Crippen LogP contribution in [0.15, 0.2) is 54.6 Å². The fourth-order valence-electron chi connectivity index (χ4n) is 2.04. The molecule has 0 aliphatic heterocycles. The lowest BCUT2D eigenvalue weighted by molar-refractivity contribution is -0.131. The van der Waals surface area contributed by atoms with Crippen molar-refractivity contribution in [3.05, 3.63) is 71.3 Å². The number of carboxylic acid groups (broad SMARTS) is 1. The molecule has 0 saturated carbocycles. The van der Waals surface area contributed by atoms with Crippen LogP contribution >= 0.6 is 0 Å². The van der Waals surface area contributed by atoms with Gasteiger partial charge in [-0.1, -0.05) is 42.5 Å². The molecule has 0 radical (unpaired) electrons. The molecular weight excluding hydrogens is 252 g/mol. The third-order valence-electron chi connectivity index (χ3n) is 2.96. The van der Waals surface area contributed by atoms with Crippen molar-refractivity contribution in [2.75, 3.05) is 7.11 Å². The van der Waals surface area contributed by atoms with Gasteiger partial charge in [-0.2, -0.15) is 0 Å². The van der Waals surface area contributed by atoms with Crippen molar-refractivity contribution in [2.45, 2.75) is 6.42 Å². The number of hydrogen-bond donors (Lipinski definition) is 1. The number of hydrogen-bond acceptors (Lipinski definition) is 2. The summed E-state index contributed by atoms with van der Waals surface area (Å²) in [5.41, 5.74) is 3.09. The molecule has 0 atom stereocenters. The zero-order valence-corrected chi connectivity index (χ0v) is 11.2. The standard InChI is InChI=1S/C17H16O3/c1-20-16-8-3-2-7-15(16)12-14-6-4-5-13(11-14)9-10-17(18)19/h2-11H,12H2,1H3,(H,18,19). The van der Waals surface area contributed by atoms with E-state index in [-0.39, 0.29) is 0 Å². The van der Waals surface area contributed by atoms with E-state index in [1.165, 1.54) is 0 Å². The molecule has 0 heterocycles. The Kier molecular flexibility index (Phi) is 4.56. The molecule has 0 aliphatic carbocycles. The van der Waals surface area contributed by atoms with E-state index in [1.54, 1.807) is 13.2 Å². The summed E-state index contributed by atoms with van der Waals surface area (Å²) in [7, 11) is 1.66. The van der Waals surface area contributed by atoms with Crippen molar-refractivity contribution in [1.29, 1.82) is 0 Å². The molecule has 0 spiro atoms. The third-order valence-corrected chi connectivity index (χ3v) is 2.96. The summed E-state index contributed by atoms with van der Waals surface area (Å²) in [6, 6.07) is 15.7. The highest BCUT2D eigenvalue weighted by Crippen LogP contribution is 2.21. The normalized spacial score (nSPS) is 10.7. The molecule has 20 heavy (non-hydrogen) atoms. The second-order valence-corrected chi connectivity index (χ2v) is 4.41. The Hall–Kier alpha value is -2.55. The maximum atomic E-state index is 10.5. The van der Waals surface area contributed by atoms with Gasteiger partial charge >= 0.3 is 5.97 Å². The van der Waals surface area contributed by atoms with Gasteiger partial charge in [0, 0.05) is 12.5 Å². The summed E-state index contributed by atoms with van der Waals surface area (Å²) in [4.78, 5) is 10.5. The Morgan fingerprint density at radius 3 is 2.75 bits per heavy atom. The van der Waals surface area contributed by atoms with Gasteiger partial charge in [-0.3, -0.25) is 0 Å². The van der Waals surface area contributed by atoms with Crippen molar-refractivity contribution < 1.29 is 14.6 Å². The molecule has 3 nitrogen and oxygen atoms in total. The lowest BCUT2D eigenvalue weighted by Gasteiger charge is -2.08. The van der Waals surface area contributed by atoms with E-state index in [2.05, 4.69) is 0 Å². The highest BCUT2D eigenvalue weighted by Gasteiger charge is 2.03. The Morgan fingerprint density at radius 1 is 1.20 bits per heavy atom. The molecule has 3 heteroatoms. The third kappa shape index (κ3) is 3.72. The Morgan fingerprint density at radius 2 is 2.00 bits per heavy atom. The van der Waals surface area contributed by atoms with Crippen molar-refractivity contribution in [1.82, 2.24) is 0 Å². The van der Waals surface area contributed by atoms with Crippen molar-refractivity contribution >= 4 is 12.0 Å². The number of carbonyl (C=O) groups is 1. The van der Waals surface area contributed by atoms with Crippen molar-refractivity contribution in [2.24, 2.45) is 0 Å². The predicted molar refractivity (Wildman–Crippen MR) is 78.9 cm³/mol. The molecule has 2 aromatic carbocycles. The summed E-state index contributed by atoms with van der Waals surface area (Å²) in [6.45, 7) is 0. The summed E-state index contributed by atoms with van der Waals surface area (Å²) in [5, 5.41) is 8.64. The zero-order chi connectivity index (χ0) is 14.4. The molecule has 0 unspecified atom stereocenters. The molecule has 0 aliphatic rings. The minimum Gasteiger partial charge on any atom is -0.496 e. The van der Waals surface area contributed by atoms with Crippen molar-refractivity contribution in [3.8, 4) is 5.75 Å². The fraction of sp³-hybridized carbons (Fsp3) is 0.118. The second kappa shape index (κ2) is 6.57. The van der Waals surface area contributed by atoms with E-state index in [4.69, 9.17) is 9.84 Å². The van der Waals surface area contributed by atoms with Crippen LogP contribution in [0.1, 0.15) is 16.7 Å². The first-order valence-corrected chi connectivity index (χ1v) is 6.31. The van der Waals surface area contributed by atoms with Crippen LogP contribution in [0.4, 0.5) is 0 Å². The minimum atomic E-state index is -0.944.